The van der Waals surface area contributed by atoms with Gasteiger partial charge in [0.15, 0.2) is 0 Å². The molecule has 0 spiro atoms. The van der Waals surface area contributed by atoms with Crippen LogP contribution in [0.2, 0.25) is 0 Å². The van der Waals surface area contributed by atoms with Gasteiger partial charge >= 0.3 is 0 Å². The largest absolute Gasteiger partial charge is 0.472 e. The van der Waals surface area contributed by atoms with Gasteiger partial charge in [0.2, 0.25) is 10.0 Å². The van der Waals surface area contributed by atoms with E-state index in [0.29, 0.717) is 18.7 Å². The lowest BCUT2D eigenvalue weighted by Crippen LogP contribution is -2.49. The summed E-state index contributed by atoms with van der Waals surface area (Å²) in [5.74, 6) is -0.122. The van der Waals surface area contributed by atoms with Crippen molar-refractivity contribution >= 4 is 15.9 Å². The fourth-order valence-electron chi connectivity index (χ4n) is 2.13. The standard InChI is InChI=1S/C11H16N2O4S/c1-18(15,16)12-10-3-2-5-13(7-10)11(14)9-4-6-17-8-9/h4,6,8,10,12H,2-3,5,7H2,1H3. The molecule has 0 aliphatic carbocycles. The highest BCUT2D eigenvalue weighted by atomic mass is 32.2. The minimum Gasteiger partial charge on any atom is -0.472 e. The Morgan fingerprint density at radius 3 is 2.94 bits per heavy atom. The molecule has 1 N–H and O–H groups in total. The summed E-state index contributed by atoms with van der Waals surface area (Å²) in [6.07, 6.45) is 5.52. The number of nitrogens with one attached hydrogen (secondary N) is 1. The first-order valence-corrected chi connectivity index (χ1v) is 7.63. The summed E-state index contributed by atoms with van der Waals surface area (Å²) in [7, 11) is -3.23. The quantitative estimate of drug-likeness (QED) is 0.865. The average molecular weight is 272 g/mol. The maximum Gasteiger partial charge on any atom is 0.257 e. The van der Waals surface area contributed by atoms with Gasteiger partial charge in [-0.1, -0.05) is 0 Å². The zero-order chi connectivity index (χ0) is 13.2. The molecule has 1 fully saturated rings. The molecule has 0 radical (unpaired) electrons. The van der Waals surface area contributed by atoms with Crippen LogP contribution in [0.4, 0.5) is 0 Å². The van der Waals surface area contributed by atoms with Gasteiger partial charge in [-0.05, 0) is 18.9 Å². The van der Waals surface area contributed by atoms with Crippen molar-refractivity contribution in [1.82, 2.24) is 9.62 Å². The number of sulfonamides is 1. The van der Waals surface area contributed by atoms with Crippen molar-refractivity contribution in [2.75, 3.05) is 19.3 Å². The van der Waals surface area contributed by atoms with Crippen LogP contribution in [0, 0.1) is 0 Å². The predicted octanol–water partition coefficient (Wildman–Crippen LogP) is 0.433. The minimum absolute atomic E-state index is 0.122. The van der Waals surface area contributed by atoms with Gasteiger partial charge in [-0.25, -0.2) is 13.1 Å². The van der Waals surface area contributed by atoms with Crippen LogP contribution in [0.3, 0.4) is 0 Å². The maximum absolute atomic E-state index is 12.1. The number of hydrogen-bond acceptors (Lipinski definition) is 4. The molecule has 1 aliphatic rings. The van der Waals surface area contributed by atoms with Crippen molar-refractivity contribution in [3.63, 3.8) is 0 Å². The lowest BCUT2D eigenvalue weighted by Gasteiger charge is -2.32. The van der Waals surface area contributed by atoms with Crippen LogP contribution in [0.5, 0.6) is 0 Å². The molecular formula is C11H16N2O4S. The average Bonchev–Trinajstić information content (AvgIpc) is 2.79. The number of furan rings is 1. The molecule has 0 saturated carbocycles. The first-order valence-electron chi connectivity index (χ1n) is 5.74. The molecule has 0 aromatic carbocycles. The summed E-state index contributed by atoms with van der Waals surface area (Å²) in [5, 5.41) is 0. The topological polar surface area (TPSA) is 79.6 Å². The number of carbonyl (C=O) groups is 1. The number of amides is 1. The summed E-state index contributed by atoms with van der Waals surface area (Å²) >= 11 is 0. The molecular weight excluding hydrogens is 256 g/mol. The highest BCUT2D eigenvalue weighted by Gasteiger charge is 2.26. The number of likely N-dealkylation sites (tertiary alicyclic amines) is 1. The SMILES string of the molecule is CS(=O)(=O)NC1CCCN(C(=O)c2ccoc2)C1. The van der Waals surface area contributed by atoms with Crippen LogP contribution < -0.4 is 4.72 Å². The third kappa shape index (κ3) is 3.33. The van der Waals surface area contributed by atoms with Gasteiger partial charge < -0.3 is 9.32 Å². The van der Waals surface area contributed by atoms with Crippen molar-refractivity contribution in [3.05, 3.63) is 24.2 Å². The molecule has 18 heavy (non-hydrogen) atoms. The fraction of sp³-hybridized carbons (Fsp3) is 0.545. The van der Waals surface area contributed by atoms with E-state index in [1.54, 1.807) is 11.0 Å². The van der Waals surface area contributed by atoms with Crippen molar-refractivity contribution < 1.29 is 17.6 Å². The summed E-state index contributed by atoms with van der Waals surface area (Å²) in [6, 6.07) is 1.40. The van der Waals surface area contributed by atoms with Gasteiger partial charge in [0, 0.05) is 19.1 Å². The van der Waals surface area contributed by atoms with E-state index >= 15 is 0 Å². The summed E-state index contributed by atoms with van der Waals surface area (Å²) in [5.41, 5.74) is 0.495. The predicted molar refractivity (Wildman–Crippen MR) is 65.6 cm³/mol. The first kappa shape index (κ1) is 13.1. The third-order valence-corrected chi connectivity index (χ3v) is 3.62. The van der Waals surface area contributed by atoms with E-state index in [1.165, 1.54) is 12.5 Å². The van der Waals surface area contributed by atoms with Gasteiger partial charge in [0.1, 0.15) is 6.26 Å². The van der Waals surface area contributed by atoms with E-state index in [-0.39, 0.29) is 11.9 Å². The van der Waals surface area contributed by atoms with E-state index < -0.39 is 10.0 Å². The Morgan fingerprint density at radius 1 is 1.56 bits per heavy atom. The van der Waals surface area contributed by atoms with Crippen LogP contribution >= 0.6 is 0 Å². The van der Waals surface area contributed by atoms with E-state index in [4.69, 9.17) is 4.42 Å². The third-order valence-electron chi connectivity index (χ3n) is 2.86. The number of rotatable bonds is 3. The molecule has 1 atom stereocenters. The van der Waals surface area contributed by atoms with Crippen LogP contribution in [0.1, 0.15) is 23.2 Å². The number of hydrogen-bond donors (Lipinski definition) is 1. The van der Waals surface area contributed by atoms with Crippen LogP contribution in [0.15, 0.2) is 23.0 Å². The van der Waals surface area contributed by atoms with Gasteiger partial charge in [-0.2, -0.15) is 0 Å². The van der Waals surface area contributed by atoms with Gasteiger partial charge in [-0.3, -0.25) is 4.79 Å². The molecule has 100 valence electrons. The number of carbonyl (C=O) groups excluding carboxylic acids is 1. The molecule has 7 heteroatoms. The van der Waals surface area contributed by atoms with Crippen molar-refractivity contribution in [3.8, 4) is 0 Å². The lowest BCUT2D eigenvalue weighted by molar-refractivity contribution is 0.0702. The molecule has 1 aliphatic heterocycles. The number of piperidine rings is 1. The second-order valence-corrected chi connectivity index (χ2v) is 6.27. The highest BCUT2D eigenvalue weighted by Crippen LogP contribution is 2.14. The maximum atomic E-state index is 12.1. The zero-order valence-corrected chi connectivity index (χ0v) is 10.9. The van der Waals surface area contributed by atoms with Crippen LogP contribution in [-0.2, 0) is 10.0 Å². The van der Waals surface area contributed by atoms with Crippen molar-refractivity contribution in [2.24, 2.45) is 0 Å². The summed E-state index contributed by atoms with van der Waals surface area (Å²) in [6.45, 7) is 1.04. The first-order chi connectivity index (χ1) is 8.46. The van der Waals surface area contributed by atoms with E-state index in [2.05, 4.69) is 4.72 Å². The van der Waals surface area contributed by atoms with Crippen LogP contribution in [0.25, 0.3) is 0 Å². The van der Waals surface area contributed by atoms with E-state index in [9.17, 15) is 13.2 Å². The second-order valence-electron chi connectivity index (χ2n) is 4.49. The van der Waals surface area contributed by atoms with Gasteiger partial charge in [0.25, 0.3) is 5.91 Å². The Kier molecular flexibility index (Phi) is 3.72. The Bertz CT molecular complexity index is 509. The molecule has 1 unspecified atom stereocenters. The molecule has 1 aromatic heterocycles. The van der Waals surface area contributed by atoms with E-state index in [0.717, 1.165) is 19.1 Å². The Hall–Kier alpha value is -1.34. The van der Waals surface area contributed by atoms with Crippen LogP contribution in [-0.4, -0.2) is 44.6 Å². The monoisotopic (exact) mass is 272 g/mol. The minimum atomic E-state index is -3.23. The molecule has 1 saturated heterocycles. The van der Waals surface area contributed by atoms with Crippen molar-refractivity contribution in [2.45, 2.75) is 18.9 Å². The summed E-state index contributed by atoms with van der Waals surface area (Å²) in [4.78, 5) is 13.7. The normalized spacial score (nSPS) is 20.9. The highest BCUT2D eigenvalue weighted by molar-refractivity contribution is 7.88. The molecule has 2 heterocycles. The smallest absolute Gasteiger partial charge is 0.257 e. The Morgan fingerprint density at radius 2 is 2.33 bits per heavy atom. The Labute approximate surface area is 106 Å². The molecule has 6 nitrogen and oxygen atoms in total. The lowest BCUT2D eigenvalue weighted by atomic mass is 10.1. The molecule has 1 aromatic rings. The zero-order valence-electron chi connectivity index (χ0n) is 10.1. The van der Waals surface area contributed by atoms with E-state index in [1.807, 2.05) is 0 Å². The van der Waals surface area contributed by atoms with Gasteiger partial charge in [-0.15, -0.1) is 0 Å². The molecule has 1 amide bonds. The number of nitrogens with zero attached hydrogens (tertiary/aromatic N) is 1. The van der Waals surface area contributed by atoms with Crippen molar-refractivity contribution in [1.29, 1.82) is 0 Å². The second kappa shape index (κ2) is 5.11. The summed E-state index contributed by atoms with van der Waals surface area (Å²) < 4.78 is 29.8. The molecule has 0 bridgehead atoms. The molecule has 2 rings (SSSR count). The fourth-order valence-corrected chi connectivity index (χ4v) is 2.93. The van der Waals surface area contributed by atoms with Gasteiger partial charge in [0.05, 0.1) is 18.1 Å². The Balaban J connectivity index is 2.01.